The number of nitrogens with one attached hydrogen (secondary N) is 2. The summed E-state index contributed by atoms with van der Waals surface area (Å²) < 4.78 is 31.4. The third-order valence-electron chi connectivity index (χ3n) is 10.1. The summed E-state index contributed by atoms with van der Waals surface area (Å²) >= 11 is 6.66. The predicted molar refractivity (Wildman–Crippen MR) is 217 cm³/mol. The molecule has 6 aromatic rings. The molecule has 0 aliphatic heterocycles. The van der Waals surface area contributed by atoms with Crippen molar-refractivity contribution in [3.05, 3.63) is 96.2 Å². The van der Waals surface area contributed by atoms with Gasteiger partial charge in [-0.05, 0) is 80.8 Å². The molecule has 2 N–H and O–H groups in total. The second-order valence-electron chi connectivity index (χ2n) is 14.7. The Balaban J connectivity index is 1.09. The Hall–Kier alpha value is -5.14. The summed E-state index contributed by atoms with van der Waals surface area (Å²) in [6, 6.07) is 12.4. The molecule has 0 aromatic carbocycles. The maximum Gasteiger partial charge on any atom is 0.233 e. The van der Waals surface area contributed by atoms with E-state index in [0.29, 0.717) is 28.0 Å². The van der Waals surface area contributed by atoms with Crippen LogP contribution in [0.5, 0.6) is 0 Å². The van der Waals surface area contributed by atoms with Gasteiger partial charge in [0.2, 0.25) is 10.0 Å². The lowest BCUT2D eigenvalue weighted by Crippen LogP contribution is -2.18. The average molecular weight is 777 g/mol. The van der Waals surface area contributed by atoms with E-state index in [9.17, 15) is 8.42 Å². The van der Waals surface area contributed by atoms with Gasteiger partial charge in [-0.15, -0.1) is 0 Å². The first-order chi connectivity index (χ1) is 26.7. The SMILES string of the molecule is CCCc1cc(-n2cc(-c3ccc(NC4CCCC4)nc3)cn2)c(-c2cc(-n3cc(-c4ncc(NS(=O)(=O)CC5CC5)cc4Cl)cn3)cc(CCC)n2)cn1. The Morgan fingerprint density at radius 3 is 2.29 bits per heavy atom. The van der Waals surface area contributed by atoms with Crippen molar-refractivity contribution in [3.63, 3.8) is 0 Å². The molecule has 2 aliphatic rings. The Morgan fingerprint density at radius 1 is 0.782 bits per heavy atom. The van der Waals surface area contributed by atoms with Crippen molar-refractivity contribution in [2.24, 2.45) is 5.92 Å². The number of hydrogen-bond donors (Lipinski definition) is 2. The first kappa shape index (κ1) is 36.8. The van der Waals surface area contributed by atoms with Crippen LogP contribution in [0.1, 0.15) is 76.6 Å². The number of nitrogens with zero attached hydrogens (tertiary/aromatic N) is 8. The van der Waals surface area contributed by atoms with Crippen molar-refractivity contribution in [1.29, 1.82) is 0 Å². The second-order valence-corrected chi connectivity index (χ2v) is 16.9. The minimum Gasteiger partial charge on any atom is -0.367 e. The van der Waals surface area contributed by atoms with Crippen LogP contribution in [0.2, 0.25) is 5.02 Å². The van der Waals surface area contributed by atoms with Gasteiger partial charge in [0.1, 0.15) is 5.82 Å². The molecule has 55 heavy (non-hydrogen) atoms. The lowest BCUT2D eigenvalue weighted by Gasteiger charge is -2.14. The van der Waals surface area contributed by atoms with E-state index < -0.39 is 10.0 Å². The molecule has 0 saturated heterocycles. The summed E-state index contributed by atoms with van der Waals surface area (Å²) in [5.41, 5.74) is 8.70. The molecule has 2 aliphatic carbocycles. The lowest BCUT2D eigenvalue weighted by molar-refractivity contribution is 0.597. The van der Waals surface area contributed by atoms with Crippen LogP contribution in [0.3, 0.4) is 0 Å². The van der Waals surface area contributed by atoms with E-state index in [-0.39, 0.29) is 11.7 Å². The normalized spacial score (nSPS) is 14.7. The number of sulfonamides is 1. The fourth-order valence-electron chi connectivity index (χ4n) is 7.13. The first-order valence-electron chi connectivity index (χ1n) is 19.2. The third kappa shape index (κ3) is 8.73. The molecule has 14 heteroatoms. The summed E-state index contributed by atoms with van der Waals surface area (Å²) in [5, 5.41) is 13.4. The molecule has 0 spiro atoms. The fourth-order valence-corrected chi connectivity index (χ4v) is 8.92. The van der Waals surface area contributed by atoms with Crippen LogP contribution in [0, 0.1) is 5.92 Å². The van der Waals surface area contributed by atoms with Crippen LogP contribution in [-0.2, 0) is 22.9 Å². The quantitative estimate of drug-likeness (QED) is 0.105. The third-order valence-corrected chi connectivity index (χ3v) is 11.9. The summed E-state index contributed by atoms with van der Waals surface area (Å²) in [7, 11) is -3.46. The average Bonchev–Trinajstić information content (AvgIpc) is 3.56. The number of pyridine rings is 4. The number of hydrogen-bond acceptors (Lipinski definition) is 9. The van der Waals surface area contributed by atoms with E-state index in [0.717, 1.165) is 89.5 Å². The molecule has 0 unspecified atom stereocenters. The Labute approximate surface area is 326 Å². The highest BCUT2D eigenvalue weighted by molar-refractivity contribution is 7.92. The zero-order chi connectivity index (χ0) is 37.9. The standard InChI is InChI=1S/C41H45ClN10O2S/c1-3-7-32-17-39(52-24-29(20-47-52)28-13-14-40(44-19-28)49-31-9-5-6-10-31)36(23-43-32)38-18-35(15-33(48-38)8-4-2)51-25-30(21-46-51)41-37(42)16-34(22-45-41)50-55(53,54)26-27-11-12-27/h13-25,27,31,50H,3-12,26H2,1-2H3,(H,44,49). The smallest absolute Gasteiger partial charge is 0.233 e. The molecule has 0 amide bonds. The van der Waals surface area contributed by atoms with Crippen molar-refractivity contribution in [3.8, 4) is 45.0 Å². The summed E-state index contributed by atoms with van der Waals surface area (Å²) in [5.74, 6) is 1.25. The monoisotopic (exact) mass is 776 g/mol. The van der Waals surface area contributed by atoms with E-state index in [1.807, 2.05) is 53.9 Å². The van der Waals surface area contributed by atoms with E-state index in [1.54, 1.807) is 16.9 Å². The zero-order valence-electron chi connectivity index (χ0n) is 31.1. The van der Waals surface area contributed by atoms with Gasteiger partial charge >= 0.3 is 0 Å². The lowest BCUT2D eigenvalue weighted by atomic mass is 10.1. The van der Waals surface area contributed by atoms with Gasteiger partial charge in [0.05, 0.1) is 57.8 Å². The minimum absolute atomic E-state index is 0.112. The Bertz CT molecular complexity index is 2400. The highest BCUT2D eigenvalue weighted by Crippen LogP contribution is 2.34. The molecule has 0 atom stereocenters. The molecular formula is C41H45ClN10O2S. The molecular weight excluding hydrogens is 732 g/mol. The Morgan fingerprint density at radius 2 is 1.55 bits per heavy atom. The van der Waals surface area contributed by atoms with Crippen LogP contribution in [-0.4, -0.2) is 59.7 Å². The molecule has 0 radical (unpaired) electrons. The van der Waals surface area contributed by atoms with Crippen LogP contribution in [0.15, 0.2) is 79.8 Å². The molecule has 284 valence electrons. The zero-order valence-corrected chi connectivity index (χ0v) is 32.7. The van der Waals surface area contributed by atoms with Gasteiger partial charge in [-0.2, -0.15) is 10.2 Å². The largest absolute Gasteiger partial charge is 0.367 e. The van der Waals surface area contributed by atoms with Gasteiger partial charge in [-0.1, -0.05) is 51.1 Å². The van der Waals surface area contributed by atoms with Gasteiger partial charge in [-0.25, -0.2) is 22.8 Å². The summed E-state index contributed by atoms with van der Waals surface area (Å²) in [6.45, 7) is 4.28. The van der Waals surface area contributed by atoms with Crippen molar-refractivity contribution in [2.45, 2.75) is 84.1 Å². The highest BCUT2D eigenvalue weighted by Gasteiger charge is 2.28. The number of aromatic nitrogens is 8. The Kier molecular flexibility index (Phi) is 10.7. The van der Waals surface area contributed by atoms with Gasteiger partial charge in [-0.3, -0.25) is 19.7 Å². The molecule has 12 nitrogen and oxygen atoms in total. The molecule has 8 rings (SSSR count). The molecule has 6 heterocycles. The van der Waals surface area contributed by atoms with Crippen molar-refractivity contribution < 1.29 is 8.42 Å². The number of halogens is 1. The van der Waals surface area contributed by atoms with E-state index in [1.165, 1.54) is 31.9 Å². The topological polar surface area (TPSA) is 145 Å². The maximum absolute atomic E-state index is 12.5. The van der Waals surface area contributed by atoms with Crippen molar-refractivity contribution in [2.75, 3.05) is 15.8 Å². The molecule has 2 saturated carbocycles. The van der Waals surface area contributed by atoms with Crippen LogP contribution in [0.4, 0.5) is 11.5 Å². The van der Waals surface area contributed by atoms with Gasteiger partial charge < -0.3 is 5.32 Å². The molecule has 2 fully saturated rings. The maximum atomic E-state index is 12.5. The van der Waals surface area contributed by atoms with Gasteiger partial charge in [0.15, 0.2) is 0 Å². The van der Waals surface area contributed by atoms with Crippen molar-refractivity contribution in [1.82, 2.24) is 39.5 Å². The predicted octanol–water partition coefficient (Wildman–Crippen LogP) is 8.70. The van der Waals surface area contributed by atoms with Crippen LogP contribution in [0.25, 0.3) is 45.0 Å². The van der Waals surface area contributed by atoms with E-state index in [4.69, 9.17) is 31.7 Å². The van der Waals surface area contributed by atoms with E-state index >= 15 is 0 Å². The van der Waals surface area contributed by atoms with E-state index in [2.05, 4.69) is 46.1 Å². The summed E-state index contributed by atoms with van der Waals surface area (Å²) in [6.07, 6.45) is 23.1. The molecule has 0 bridgehead atoms. The molecule has 6 aromatic heterocycles. The summed E-state index contributed by atoms with van der Waals surface area (Å²) in [4.78, 5) is 19.2. The van der Waals surface area contributed by atoms with Crippen molar-refractivity contribution >= 4 is 33.1 Å². The van der Waals surface area contributed by atoms with Gasteiger partial charge in [0.25, 0.3) is 0 Å². The number of aryl methyl sites for hydroxylation is 2. The van der Waals surface area contributed by atoms with Crippen LogP contribution >= 0.6 is 11.6 Å². The van der Waals surface area contributed by atoms with Crippen LogP contribution < -0.4 is 10.0 Å². The first-order valence-corrected chi connectivity index (χ1v) is 21.3. The minimum atomic E-state index is -3.46. The highest BCUT2D eigenvalue weighted by atomic mass is 35.5. The fraction of sp³-hybridized carbons (Fsp3) is 0.366. The second kappa shape index (κ2) is 15.9. The number of rotatable bonds is 15. The van der Waals surface area contributed by atoms with Gasteiger partial charge in [0, 0.05) is 64.5 Å². The number of anilines is 2.